The Morgan fingerprint density at radius 1 is 0.739 bits per heavy atom. The van der Waals surface area contributed by atoms with E-state index in [0.29, 0.717) is 44.8 Å². The van der Waals surface area contributed by atoms with E-state index in [4.69, 9.17) is 29.4 Å². The third-order valence-electron chi connectivity index (χ3n) is 16.2. The summed E-state index contributed by atoms with van der Waals surface area (Å²) in [6.45, 7) is 8.41. The Hall–Kier alpha value is -5.16. The number of ether oxygens (including phenoxy) is 5. The summed E-state index contributed by atoms with van der Waals surface area (Å²) in [6, 6.07) is 5.77. The van der Waals surface area contributed by atoms with Crippen molar-refractivity contribution in [1.82, 2.24) is 10.2 Å². The van der Waals surface area contributed by atoms with E-state index in [-0.39, 0.29) is 56.3 Å². The molecule has 14 unspecified atom stereocenters. The molecule has 0 aliphatic carbocycles. The van der Waals surface area contributed by atoms with Crippen LogP contribution in [0.15, 0.2) is 109 Å². The van der Waals surface area contributed by atoms with Gasteiger partial charge in [0.1, 0.15) is 18.0 Å². The zero-order valence-electron chi connectivity index (χ0n) is 51.2. The lowest BCUT2D eigenvalue weighted by Gasteiger charge is -2.46. The third kappa shape index (κ3) is 25.6. The van der Waals surface area contributed by atoms with Crippen LogP contribution < -0.4 is 16.4 Å². The van der Waals surface area contributed by atoms with E-state index in [1.165, 1.54) is 0 Å². The monoisotopic (exact) mass is 1240 g/mol. The Balaban J connectivity index is 1.35. The number of anilines is 1. The Kier molecular flexibility index (Phi) is 31.7. The molecule has 1 amide bonds. The summed E-state index contributed by atoms with van der Waals surface area (Å²) in [5, 5.41) is 117. The van der Waals surface area contributed by atoms with Crippen molar-refractivity contribution in [2.75, 3.05) is 51.8 Å². The number of carbonyl (C=O) groups excluding carboxylic acids is 4. The van der Waals surface area contributed by atoms with Gasteiger partial charge < -0.3 is 91.1 Å². The number of cyclic esters (lactones) is 1. The first-order valence-electron chi connectivity index (χ1n) is 30.8. The molecule has 0 radical (unpaired) electrons. The number of hydrogen-bond acceptors (Lipinski definition) is 22. The normalized spacial score (nSPS) is 36.9. The van der Waals surface area contributed by atoms with Gasteiger partial charge in [0, 0.05) is 88.9 Å². The average molecular weight is 1240 g/mol. The number of rotatable bonds is 14. The molecule has 5 rings (SSSR count). The molecule has 3 saturated heterocycles. The van der Waals surface area contributed by atoms with Crippen molar-refractivity contribution in [2.24, 2.45) is 23.5 Å². The number of allylic oxidation sites excluding steroid dienone is 12. The second-order valence-electron chi connectivity index (χ2n) is 23.8. The van der Waals surface area contributed by atoms with E-state index in [2.05, 4.69) is 15.5 Å². The van der Waals surface area contributed by atoms with Crippen molar-refractivity contribution in [3.8, 4) is 0 Å². The number of Topliss-reactive ketones (excluding diaryl/α,β-unsaturated/α-hetero) is 2. The second kappa shape index (κ2) is 37.9. The predicted molar refractivity (Wildman–Crippen MR) is 328 cm³/mol. The van der Waals surface area contributed by atoms with Crippen LogP contribution in [0.25, 0.3) is 0 Å². The number of carbonyl (C=O) groups is 4. The van der Waals surface area contributed by atoms with Gasteiger partial charge in [0.2, 0.25) is 5.91 Å². The van der Waals surface area contributed by atoms with E-state index in [9.17, 15) is 70.2 Å². The van der Waals surface area contributed by atoms with Crippen LogP contribution >= 0.6 is 0 Å². The number of hydrogen-bond donors (Lipinski definition) is 13. The van der Waals surface area contributed by atoms with Crippen LogP contribution in [-0.2, 0) is 38.1 Å². The molecule has 0 aromatic heterocycles. The van der Waals surface area contributed by atoms with Crippen LogP contribution in [-0.4, -0.2) is 223 Å². The summed E-state index contributed by atoms with van der Waals surface area (Å²) >= 11 is 0. The molecule has 0 saturated carbocycles. The maximum atomic E-state index is 14.1. The molecule has 4 aliphatic heterocycles. The Labute approximate surface area is 516 Å². The Morgan fingerprint density at radius 3 is 1.94 bits per heavy atom. The number of aliphatic hydroxyl groups excluding tert-OH is 9. The van der Waals surface area contributed by atoms with Gasteiger partial charge in [0.25, 0.3) is 0 Å². The molecule has 1 aromatic carbocycles. The van der Waals surface area contributed by atoms with Gasteiger partial charge >= 0.3 is 5.97 Å². The van der Waals surface area contributed by atoms with Crippen molar-refractivity contribution in [3.63, 3.8) is 0 Å². The van der Waals surface area contributed by atoms with Gasteiger partial charge in [-0.25, -0.2) is 0 Å². The number of nitrogens with two attached hydrogens (primary N) is 1. The maximum absolute atomic E-state index is 14.1. The molecular formula is C65H98N4O19. The minimum absolute atomic E-state index is 0.103. The standard InChI is InChI=1S/C65H98N4O19/c1-41-17-15-13-11-9-7-5-6-8-10-12-14-16-18-53(86-64-61(81)59(66)60(80)43(3)85-64)38-56-58(63(82)68-25-26-69-27-29-84-30-28-69)55(78)40-65(83,88-56)39-52(76)35-50(74)33-48(72)31-47(71)32-49(73)34-51(75)37-57(79)87-62(41)42(2)19-24-46(70)36-54(77)44-20-22-45(67-4)23-21-44/h5-18,20-23,41-43,46-48,50-53,55-56,58-62,64,67,70-72,74-76,78,80-81,83H,19,24-40,66H2,1-4H3,(H,68,82)/b6-5+,9-7+,10-8+,13-11+,14-12+,17-15+,18-16+/t41?,42?,43-,46?,47?,48?,50?,51?,52?,53?,55?,56?,58?,59+,60-,61+,62?,64+,65?/m1/s1. The van der Waals surface area contributed by atoms with Gasteiger partial charge in [-0.15, -0.1) is 0 Å². The lowest BCUT2D eigenvalue weighted by atomic mass is 9.82. The smallest absolute Gasteiger partial charge is 0.308 e. The topological polar surface area (TPSA) is 370 Å². The van der Waals surface area contributed by atoms with E-state index < -0.39 is 160 Å². The maximum Gasteiger partial charge on any atom is 0.308 e. The molecule has 3 fully saturated rings. The highest BCUT2D eigenvalue weighted by Crippen LogP contribution is 2.38. The van der Waals surface area contributed by atoms with Crippen LogP contribution in [0.5, 0.6) is 0 Å². The van der Waals surface area contributed by atoms with E-state index >= 15 is 0 Å². The van der Waals surface area contributed by atoms with Crippen molar-refractivity contribution >= 4 is 29.1 Å². The van der Waals surface area contributed by atoms with E-state index in [0.717, 1.165) is 5.69 Å². The fourth-order valence-electron chi connectivity index (χ4n) is 11.4. The van der Waals surface area contributed by atoms with Crippen molar-refractivity contribution in [1.29, 1.82) is 0 Å². The van der Waals surface area contributed by atoms with Gasteiger partial charge in [0.15, 0.2) is 17.9 Å². The van der Waals surface area contributed by atoms with Crippen molar-refractivity contribution < 1.29 is 93.9 Å². The number of fused-ring (bicyclic) bond motifs is 2. The summed E-state index contributed by atoms with van der Waals surface area (Å²) in [7, 11) is 1.77. The Morgan fingerprint density at radius 2 is 1.32 bits per heavy atom. The molecule has 2 bridgehead atoms. The molecule has 88 heavy (non-hydrogen) atoms. The van der Waals surface area contributed by atoms with Crippen molar-refractivity contribution in [3.05, 3.63) is 115 Å². The number of amides is 1. The number of benzene rings is 1. The zero-order chi connectivity index (χ0) is 64.3. The molecule has 0 spiro atoms. The zero-order valence-corrected chi connectivity index (χ0v) is 51.2. The highest BCUT2D eigenvalue weighted by molar-refractivity contribution is 5.96. The van der Waals surface area contributed by atoms with E-state index in [1.807, 2.05) is 19.9 Å². The number of ketones is 2. The van der Waals surface area contributed by atoms with Crippen molar-refractivity contribution in [2.45, 2.75) is 195 Å². The summed E-state index contributed by atoms with van der Waals surface area (Å²) in [4.78, 5) is 55.6. The minimum Gasteiger partial charge on any atom is -0.461 e. The predicted octanol–water partition coefficient (Wildman–Crippen LogP) is 2.11. The molecule has 4 heterocycles. The largest absolute Gasteiger partial charge is 0.461 e. The number of nitrogens with zero attached hydrogens (tertiary/aromatic N) is 1. The van der Waals surface area contributed by atoms with E-state index in [1.54, 1.807) is 117 Å². The van der Waals surface area contributed by atoms with Gasteiger partial charge in [-0.2, -0.15) is 0 Å². The quantitative estimate of drug-likeness (QED) is 0.0937. The average Bonchev–Trinajstić information content (AvgIpc) is 0.946. The number of esters is 1. The number of nitrogens with one attached hydrogen (secondary N) is 2. The molecule has 14 N–H and O–H groups in total. The minimum atomic E-state index is -2.29. The van der Waals surface area contributed by atoms with Crippen LogP contribution in [0.2, 0.25) is 0 Å². The summed E-state index contributed by atoms with van der Waals surface area (Å²) in [5.41, 5.74) is 7.47. The SMILES string of the molecule is CNc1ccc(C(=O)CC(O)CCC(C)C2OC(=O)CC(O)CC(=O)CC(O)CC(O)CC(O)CC(O)CC3(O)CC(O)C(C(=O)NCCN4CCOCC4)C(CC(O[C@@H]4O[C@H](C)[C@@H](O)[C@H](N)[C@@H]4O)/C=C/C=C/C=C/C=C/C=C/C=C/C=C/C2C)O3)cc1. The lowest BCUT2D eigenvalue weighted by Crippen LogP contribution is -2.62. The first kappa shape index (κ1) is 73.6. The molecule has 492 valence electrons. The van der Waals surface area contributed by atoms with Crippen LogP contribution in [0, 0.1) is 17.8 Å². The van der Waals surface area contributed by atoms with Gasteiger partial charge in [-0.3, -0.25) is 24.1 Å². The van der Waals surface area contributed by atoms with Gasteiger partial charge in [-0.05, 0) is 69.2 Å². The first-order chi connectivity index (χ1) is 41.9. The summed E-state index contributed by atoms with van der Waals surface area (Å²) in [6.07, 6.45) is 3.27. The summed E-state index contributed by atoms with van der Waals surface area (Å²) < 4.78 is 29.8. The molecule has 23 nitrogen and oxygen atoms in total. The molecular weight excluding hydrogens is 1140 g/mol. The number of aliphatic hydroxyl groups is 10. The number of morpholine rings is 1. The van der Waals surface area contributed by atoms with Gasteiger partial charge in [0.05, 0.1) is 98.7 Å². The molecule has 19 atom stereocenters. The first-order valence-corrected chi connectivity index (χ1v) is 30.8. The van der Waals surface area contributed by atoms with Crippen LogP contribution in [0.1, 0.15) is 108 Å². The Bertz CT molecular complexity index is 2500. The molecule has 4 aliphatic rings. The molecule has 1 aromatic rings. The van der Waals surface area contributed by atoms with Crippen LogP contribution in [0.3, 0.4) is 0 Å². The highest BCUT2D eigenvalue weighted by atomic mass is 16.7. The fourth-order valence-corrected chi connectivity index (χ4v) is 11.4. The molecule has 23 heteroatoms. The van der Waals surface area contributed by atoms with Crippen LogP contribution in [0.4, 0.5) is 5.69 Å². The second-order valence-corrected chi connectivity index (χ2v) is 23.8. The lowest BCUT2D eigenvalue weighted by molar-refractivity contribution is -0.307. The highest BCUT2D eigenvalue weighted by Gasteiger charge is 2.51. The third-order valence-corrected chi connectivity index (χ3v) is 16.2. The summed E-state index contributed by atoms with van der Waals surface area (Å²) in [5.74, 6) is -6.48. The van der Waals surface area contributed by atoms with Gasteiger partial charge in [-0.1, -0.05) is 98.9 Å². The fraction of sp³-hybridized carbons (Fsp3) is 0.631.